The molecule has 212 valence electrons. The van der Waals surface area contributed by atoms with Gasteiger partial charge >= 0.3 is 0 Å². The Morgan fingerprint density at radius 1 is 0.923 bits per heavy atom. The number of hydrogen-bond donors (Lipinski definition) is 3. The second-order valence-corrected chi connectivity index (χ2v) is 10.8. The van der Waals surface area contributed by atoms with Gasteiger partial charge in [0, 0.05) is 20.5 Å². The average Bonchev–Trinajstić information content (AvgIpc) is 2.92. The van der Waals surface area contributed by atoms with Gasteiger partial charge in [-0.2, -0.15) is 0 Å². The summed E-state index contributed by atoms with van der Waals surface area (Å²) >= 11 is 0. The highest BCUT2D eigenvalue weighted by Gasteiger charge is 2.37. The van der Waals surface area contributed by atoms with Crippen molar-refractivity contribution >= 4 is 17.7 Å². The minimum Gasteiger partial charge on any atom is -0.508 e. The van der Waals surface area contributed by atoms with Gasteiger partial charge in [-0.15, -0.1) is 0 Å². The summed E-state index contributed by atoms with van der Waals surface area (Å²) in [6.07, 6.45) is 6.11. The first kappa shape index (κ1) is 30.1. The van der Waals surface area contributed by atoms with Crippen LogP contribution >= 0.6 is 0 Å². The van der Waals surface area contributed by atoms with Gasteiger partial charge in [0.1, 0.15) is 23.7 Å². The summed E-state index contributed by atoms with van der Waals surface area (Å²) in [7, 11) is 3.12. The molecule has 0 saturated heterocycles. The monoisotopic (exact) mass is 540 g/mol. The van der Waals surface area contributed by atoms with Crippen molar-refractivity contribution in [3.05, 3.63) is 65.0 Å². The molecule has 8 nitrogen and oxygen atoms in total. The molecule has 2 aromatic rings. The summed E-state index contributed by atoms with van der Waals surface area (Å²) < 4.78 is 13.3. The van der Waals surface area contributed by atoms with Crippen LogP contribution in [0.1, 0.15) is 55.2 Å². The minimum atomic E-state index is -0.938. The maximum Gasteiger partial charge on any atom is 0.245 e. The number of nitrogens with two attached hydrogens (primary N) is 2. The topological polar surface area (TPSA) is 130 Å². The molecule has 39 heavy (non-hydrogen) atoms. The normalized spacial score (nSPS) is 16.2. The molecule has 2 aromatic carbocycles. The molecule has 1 saturated carbocycles. The van der Waals surface area contributed by atoms with Gasteiger partial charge < -0.3 is 26.4 Å². The largest absolute Gasteiger partial charge is 0.508 e. The van der Waals surface area contributed by atoms with Crippen molar-refractivity contribution in [1.29, 1.82) is 0 Å². The molecule has 3 atom stereocenters. The SMILES string of the molecule is Cc1cc(C[C@@H](C(N)=O)N(C)C(=O)[C@H](CC2CCCCC2)N(C)C(=O)[C@@H](N)Cc2ccc(F)cc2)ccc1O. The Labute approximate surface area is 230 Å². The quantitative estimate of drug-likeness (QED) is 0.403. The molecular weight excluding hydrogens is 499 g/mol. The lowest BCUT2D eigenvalue weighted by Crippen LogP contribution is -2.57. The van der Waals surface area contributed by atoms with E-state index in [-0.39, 0.29) is 36.2 Å². The maximum absolute atomic E-state index is 13.9. The van der Waals surface area contributed by atoms with E-state index in [0.29, 0.717) is 12.0 Å². The lowest BCUT2D eigenvalue weighted by atomic mass is 9.84. The third kappa shape index (κ3) is 8.02. The predicted octanol–water partition coefficient (Wildman–Crippen LogP) is 3.06. The molecule has 3 rings (SSSR count). The number of likely N-dealkylation sites (N-methyl/N-ethyl adjacent to an activating group) is 2. The third-order valence-electron chi connectivity index (χ3n) is 7.90. The fourth-order valence-electron chi connectivity index (χ4n) is 5.42. The molecular formula is C30H41FN4O4. The molecule has 9 heteroatoms. The molecule has 0 unspecified atom stereocenters. The van der Waals surface area contributed by atoms with E-state index in [2.05, 4.69) is 0 Å². The highest BCUT2D eigenvalue weighted by molar-refractivity contribution is 5.92. The number of nitrogens with zero attached hydrogens (tertiary/aromatic N) is 2. The Morgan fingerprint density at radius 2 is 1.51 bits per heavy atom. The molecule has 5 N–H and O–H groups in total. The summed E-state index contributed by atoms with van der Waals surface area (Å²) in [5.41, 5.74) is 14.1. The fraction of sp³-hybridized carbons (Fsp3) is 0.500. The Morgan fingerprint density at radius 3 is 2.10 bits per heavy atom. The molecule has 0 radical (unpaired) electrons. The zero-order valence-corrected chi connectivity index (χ0v) is 23.1. The van der Waals surface area contributed by atoms with E-state index in [1.54, 1.807) is 44.3 Å². The number of halogens is 1. The predicted molar refractivity (Wildman–Crippen MR) is 148 cm³/mol. The summed E-state index contributed by atoms with van der Waals surface area (Å²) in [6.45, 7) is 1.75. The minimum absolute atomic E-state index is 0.142. The van der Waals surface area contributed by atoms with Crippen molar-refractivity contribution in [1.82, 2.24) is 9.80 Å². The van der Waals surface area contributed by atoms with Gasteiger partial charge in [0.05, 0.1) is 6.04 Å². The van der Waals surface area contributed by atoms with E-state index in [9.17, 15) is 23.9 Å². The summed E-state index contributed by atoms with van der Waals surface area (Å²) in [5.74, 6) is -1.38. The lowest BCUT2D eigenvalue weighted by Gasteiger charge is -2.37. The van der Waals surface area contributed by atoms with Crippen LogP contribution in [-0.2, 0) is 27.2 Å². The molecule has 3 amide bonds. The van der Waals surface area contributed by atoms with E-state index in [1.807, 2.05) is 0 Å². The van der Waals surface area contributed by atoms with Crippen LogP contribution in [0, 0.1) is 18.7 Å². The molecule has 0 heterocycles. The standard InChI is InChI=1S/C30H41FN4O4/c1-19-15-22(11-14-27(19)36)18-25(28(33)37)34(2)30(39)26(17-20-7-5-4-6-8-20)35(3)29(38)24(32)16-21-9-12-23(31)13-10-21/h9-15,20,24-26,36H,4-8,16-18,32H2,1-3H3,(H2,33,37)/t24-,25-,26-/m0/s1. The van der Waals surface area contributed by atoms with Crippen LogP contribution in [0.5, 0.6) is 5.75 Å². The van der Waals surface area contributed by atoms with Crippen LogP contribution in [0.15, 0.2) is 42.5 Å². The number of amides is 3. The van der Waals surface area contributed by atoms with E-state index in [4.69, 9.17) is 11.5 Å². The van der Waals surface area contributed by atoms with Gasteiger partial charge in [0.15, 0.2) is 0 Å². The van der Waals surface area contributed by atoms with Crippen molar-refractivity contribution in [3.63, 3.8) is 0 Å². The van der Waals surface area contributed by atoms with Gasteiger partial charge in [0.2, 0.25) is 17.7 Å². The number of phenols is 1. The lowest BCUT2D eigenvalue weighted by molar-refractivity contribution is -0.148. The number of rotatable bonds is 11. The first-order chi connectivity index (χ1) is 18.5. The van der Waals surface area contributed by atoms with Crippen LogP contribution in [0.3, 0.4) is 0 Å². The van der Waals surface area contributed by atoms with Crippen molar-refractivity contribution in [2.45, 2.75) is 76.4 Å². The van der Waals surface area contributed by atoms with Crippen molar-refractivity contribution in [3.8, 4) is 5.75 Å². The average molecular weight is 541 g/mol. The Bertz CT molecular complexity index is 1150. The second kappa shape index (κ2) is 13.6. The van der Waals surface area contributed by atoms with E-state index in [1.165, 1.54) is 29.0 Å². The molecule has 0 aromatic heterocycles. The molecule has 0 aliphatic heterocycles. The number of carbonyl (C=O) groups is 3. The number of carbonyl (C=O) groups excluding carboxylic acids is 3. The van der Waals surface area contributed by atoms with E-state index in [0.717, 1.165) is 43.2 Å². The molecule has 0 spiro atoms. The van der Waals surface area contributed by atoms with Gasteiger partial charge in [0.25, 0.3) is 0 Å². The molecule has 1 aliphatic rings. The van der Waals surface area contributed by atoms with Crippen molar-refractivity contribution in [2.24, 2.45) is 17.4 Å². The highest BCUT2D eigenvalue weighted by Crippen LogP contribution is 2.29. The second-order valence-electron chi connectivity index (χ2n) is 10.8. The zero-order valence-electron chi connectivity index (χ0n) is 23.1. The summed E-state index contributed by atoms with van der Waals surface area (Å²) in [4.78, 5) is 42.6. The Kier molecular flexibility index (Phi) is 10.5. The zero-order chi connectivity index (χ0) is 28.7. The third-order valence-corrected chi connectivity index (χ3v) is 7.90. The van der Waals surface area contributed by atoms with Crippen molar-refractivity contribution < 1.29 is 23.9 Å². The fourth-order valence-corrected chi connectivity index (χ4v) is 5.42. The first-order valence-electron chi connectivity index (χ1n) is 13.6. The van der Waals surface area contributed by atoms with E-state index >= 15 is 0 Å². The summed E-state index contributed by atoms with van der Waals surface area (Å²) in [6, 6.07) is 8.14. The molecule has 1 aliphatic carbocycles. The number of benzene rings is 2. The van der Waals surface area contributed by atoms with Crippen LogP contribution in [0.25, 0.3) is 0 Å². The number of primary amides is 1. The van der Waals surface area contributed by atoms with Crippen LogP contribution in [0.4, 0.5) is 4.39 Å². The smallest absolute Gasteiger partial charge is 0.245 e. The van der Waals surface area contributed by atoms with Crippen LogP contribution in [0.2, 0.25) is 0 Å². The molecule has 0 bridgehead atoms. The number of phenolic OH excluding ortho intramolecular Hbond substituents is 1. The number of hydrogen-bond acceptors (Lipinski definition) is 5. The van der Waals surface area contributed by atoms with Crippen LogP contribution in [-0.4, -0.2) is 64.8 Å². The van der Waals surface area contributed by atoms with Gasteiger partial charge in [-0.1, -0.05) is 56.4 Å². The summed E-state index contributed by atoms with van der Waals surface area (Å²) in [5, 5.41) is 9.86. The Balaban J connectivity index is 1.82. The van der Waals surface area contributed by atoms with Gasteiger partial charge in [-0.3, -0.25) is 14.4 Å². The maximum atomic E-state index is 13.9. The van der Waals surface area contributed by atoms with Gasteiger partial charge in [-0.05, 0) is 60.6 Å². The highest BCUT2D eigenvalue weighted by atomic mass is 19.1. The van der Waals surface area contributed by atoms with E-state index < -0.39 is 29.9 Å². The van der Waals surface area contributed by atoms with Crippen molar-refractivity contribution in [2.75, 3.05) is 14.1 Å². The molecule has 1 fully saturated rings. The number of aromatic hydroxyl groups is 1. The first-order valence-corrected chi connectivity index (χ1v) is 13.6. The Hall–Kier alpha value is -3.46. The van der Waals surface area contributed by atoms with Gasteiger partial charge in [-0.25, -0.2) is 4.39 Å². The van der Waals surface area contributed by atoms with Crippen LogP contribution < -0.4 is 11.5 Å². The number of aryl methyl sites for hydroxylation is 1.